The Labute approximate surface area is 107 Å². The van der Waals surface area contributed by atoms with Crippen molar-refractivity contribution in [3.05, 3.63) is 51.5 Å². The fourth-order valence-corrected chi connectivity index (χ4v) is 3.00. The molecule has 0 aliphatic heterocycles. The Hall–Kier alpha value is -1.19. The predicted molar refractivity (Wildman–Crippen MR) is 73.3 cm³/mol. The van der Waals surface area contributed by atoms with E-state index in [0.29, 0.717) is 0 Å². The molecule has 2 N–H and O–H groups in total. The van der Waals surface area contributed by atoms with Crippen LogP contribution in [0.3, 0.4) is 0 Å². The van der Waals surface area contributed by atoms with E-state index < -0.39 is 0 Å². The van der Waals surface area contributed by atoms with Gasteiger partial charge >= 0.3 is 0 Å². The van der Waals surface area contributed by atoms with E-state index in [0.717, 1.165) is 18.5 Å². The van der Waals surface area contributed by atoms with Crippen LogP contribution in [-0.4, -0.2) is 4.98 Å². The van der Waals surface area contributed by atoms with Gasteiger partial charge in [0.1, 0.15) is 0 Å². The van der Waals surface area contributed by atoms with E-state index in [1.54, 1.807) is 11.3 Å². The molecule has 0 saturated carbocycles. The Kier molecular flexibility index (Phi) is 3.92. The van der Waals surface area contributed by atoms with E-state index in [4.69, 9.17) is 5.73 Å². The molecule has 0 fully saturated rings. The highest BCUT2D eigenvalue weighted by Crippen LogP contribution is 2.26. The molecule has 0 bridgehead atoms. The second-order valence-electron chi connectivity index (χ2n) is 4.24. The van der Waals surface area contributed by atoms with Crippen LogP contribution in [0.4, 0.5) is 0 Å². The highest BCUT2D eigenvalue weighted by Gasteiger charge is 2.13. The Morgan fingerprint density at radius 3 is 2.94 bits per heavy atom. The van der Waals surface area contributed by atoms with Gasteiger partial charge in [-0.3, -0.25) is 4.98 Å². The Morgan fingerprint density at radius 2 is 2.24 bits per heavy atom. The SMILES string of the molecule is CCc1ccsc1C(N)Cc1ncccc1C. The summed E-state index contributed by atoms with van der Waals surface area (Å²) in [5.74, 6) is 0. The molecular weight excluding hydrogens is 228 g/mol. The van der Waals surface area contributed by atoms with Gasteiger partial charge in [0.2, 0.25) is 0 Å². The van der Waals surface area contributed by atoms with Gasteiger partial charge in [-0.2, -0.15) is 0 Å². The number of pyridine rings is 1. The van der Waals surface area contributed by atoms with Crippen molar-refractivity contribution in [2.45, 2.75) is 32.7 Å². The van der Waals surface area contributed by atoms with Crippen molar-refractivity contribution in [3.8, 4) is 0 Å². The second-order valence-corrected chi connectivity index (χ2v) is 5.19. The fraction of sp³-hybridized carbons (Fsp3) is 0.357. The van der Waals surface area contributed by atoms with Crippen molar-refractivity contribution in [3.63, 3.8) is 0 Å². The second kappa shape index (κ2) is 5.43. The number of hydrogen-bond acceptors (Lipinski definition) is 3. The molecule has 1 unspecified atom stereocenters. The largest absolute Gasteiger partial charge is 0.323 e. The van der Waals surface area contributed by atoms with Gasteiger partial charge in [0.05, 0.1) is 0 Å². The number of aromatic nitrogens is 1. The zero-order valence-electron chi connectivity index (χ0n) is 10.3. The Morgan fingerprint density at radius 1 is 1.41 bits per heavy atom. The molecule has 2 aromatic rings. The van der Waals surface area contributed by atoms with Crippen LogP contribution in [0, 0.1) is 6.92 Å². The molecule has 0 radical (unpaired) electrons. The molecule has 3 heteroatoms. The predicted octanol–water partition coefficient (Wildman–Crippen LogP) is 3.26. The van der Waals surface area contributed by atoms with Crippen molar-refractivity contribution in [1.29, 1.82) is 0 Å². The molecule has 1 atom stereocenters. The molecule has 0 amide bonds. The smallest absolute Gasteiger partial charge is 0.0451 e. The number of nitrogens with zero attached hydrogens (tertiary/aromatic N) is 1. The molecule has 2 rings (SSSR count). The van der Waals surface area contributed by atoms with Gasteiger partial charge in [-0.1, -0.05) is 13.0 Å². The molecule has 0 aliphatic carbocycles. The van der Waals surface area contributed by atoms with Crippen molar-refractivity contribution in [2.24, 2.45) is 5.73 Å². The minimum atomic E-state index is 0.0681. The van der Waals surface area contributed by atoms with Crippen molar-refractivity contribution < 1.29 is 0 Å². The van der Waals surface area contributed by atoms with Crippen LogP contribution in [0.15, 0.2) is 29.8 Å². The third-order valence-corrected chi connectivity index (χ3v) is 4.12. The fourth-order valence-electron chi connectivity index (χ4n) is 2.00. The van der Waals surface area contributed by atoms with Crippen LogP contribution in [0.25, 0.3) is 0 Å². The van der Waals surface area contributed by atoms with Crippen LogP contribution in [-0.2, 0) is 12.8 Å². The van der Waals surface area contributed by atoms with Gasteiger partial charge < -0.3 is 5.73 Å². The summed E-state index contributed by atoms with van der Waals surface area (Å²) < 4.78 is 0. The first-order chi connectivity index (χ1) is 8.22. The summed E-state index contributed by atoms with van der Waals surface area (Å²) in [6, 6.07) is 6.29. The zero-order chi connectivity index (χ0) is 12.3. The lowest BCUT2D eigenvalue weighted by molar-refractivity contribution is 0.708. The van der Waals surface area contributed by atoms with Gasteiger partial charge in [-0.25, -0.2) is 0 Å². The summed E-state index contributed by atoms with van der Waals surface area (Å²) in [5.41, 5.74) is 9.99. The third-order valence-electron chi connectivity index (χ3n) is 3.03. The van der Waals surface area contributed by atoms with Gasteiger partial charge in [0.15, 0.2) is 0 Å². The van der Waals surface area contributed by atoms with Gasteiger partial charge in [0, 0.05) is 29.2 Å². The normalized spacial score (nSPS) is 12.6. The van der Waals surface area contributed by atoms with E-state index in [1.165, 1.54) is 16.0 Å². The average molecular weight is 246 g/mol. The minimum Gasteiger partial charge on any atom is -0.323 e. The summed E-state index contributed by atoms with van der Waals surface area (Å²) in [4.78, 5) is 5.71. The lowest BCUT2D eigenvalue weighted by Gasteiger charge is -2.12. The molecule has 17 heavy (non-hydrogen) atoms. The molecule has 2 aromatic heterocycles. The topological polar surface area (TPSA) is 38.9 Å². The summed E-state index contributed by atoms with van der Waals surface area (Å²) in [7, 11) is 0. The van der Waals surface area contributed by atoms with Crippen LogP contribution in [0.2, 0.25) is 0 Å². The van der Waals surface area contributed by atoms with Crippen LogP contribution in [0.1, 0.15) is 34.7 Å². The summed E-state index contributed by atoms with van der Waals surface area (Å²) in [6.45, 7) is 4.26. The number of rotatable bonds is 4. The summed E-state index contributed by atoms with van der Waals surface area (Å²) in [5, 5.41) is 2.12. The molecule has 0 aliphatic rings. The number of nitrogens with two attached hydrogens (primary N) is 1. The van der Waals surface area contributed by atoms with Crippen molar-refractivity contribution in [1.82, 2.24) is 4.98 Å². The molecule has 90 valence electrons. The summed E-state index contributed by atoms with van der Waals surface area (Å²) in [6.07, 6.45) is 3.71. The van der Waals surface area contributed by atoms with E-state index >= 15 is 0 Å². The van der Waals surface area contributed by atoms with E-state index in [2.05, 4.69) is 36.3 Å². The standard InChI is InChI=1S/C14H18N2S/c1-3-11-6-8-17-14(11)12(15)9-13-10(2)5-4-7-16-13/h4-8,12H,3,9,15H2,1-2H3. The Balaban J connectivity index is 2.17. The van der Waals surface area contributed by atoms with Crippen molar-refractivity contribution in [2.75, 3.05) is 0 Å². The van der Waals surface area contributed by atoms with Gasteiger partial charge in [-0.05, 0) is 42.0 Å². The number of hydrogen-bond donors (Lipinski definition) is 1. The minimum absolute atomic E-state index is 0.0681. The molecule has 0 spiro atoms. The zero-order valence-corrected chi connectivity index (χ0v) is 11.1. The maximum absolute atomic E-state index is 6.29. The monoisotopic (exact) mass is 246 g/mol. The highest BCUT2D eigenvalue weighted by atomic mass is 32.1. The average Bonchev–Trinajstić information content (AvgIpc) is 2.80. The van der Waals surface area contributed by atoms with Gasteiger partial charge in [0.25, 0.3) is 0 Å². The molecule has 0 aromatic carbocycles. The van der Waals surface area contributed by atoms with Gasteiger partial charge in [-0.15, -0.1) is 11.3 Å². The molecular formula is C14H18N2S. The van der Waals surface area contributed by atoms with Crippen LogP contribution < -0.4 is 5.73 Å². The maximum atomic E-state index is 6.29. The van der Waals surface area contributed by atoms with Crippen LogP contribution in [0.5, 0.6) is 0 Å². The third kappa shape index (κ3) is 2.73. The van der Waals surface area contributed by atoms with Crippen molar-refractivity contribution >= 4 is 11.3 Å². The van der Waals surface area contributed by atoms with Crippen LogP contribution >= 0.6 is 11.3 Å². The number of thiophene rings is 1. The number of aryl methyl sites for hydroxylation is 2. The first-order valence-electron chi connectivity index (χ1n) is 5.94. The Bertz CT molecular complexity index is 490. The lowest BCUT2D eigenvalue weighted by Crippen LogP contribution is -2.14. The first-order valence-corrected chi connectivity index (χ1v) is 6.82. The quantitative estimate of drug-likeness (QED) is 0.899. The molecule has 2 heterocycles. The maximum Gasteiger partial charge on any atom is 0.0451 e. The summed E-state index contributed by atoms with van der Waals surface area (Å²) >= 11 is 1.75. The molecule has 2 nitrogen and oxygen atoms in total. The van der Waals surface area contributed by atoms with E-state index in [-0.39, 0.29) is 6.04 Å². The highest BCUT2D eigenvalue weighted by molar-refractivity contribution is 7.10. The molecule has 0 saturated heterocycles. The van der Waals surface area contributed by atoms with E-state index in [1.807, 2.05) is 12.3 Å². The lowest BCUT2D eigenvalue weighted by atomic mass is 10.0. The van der Waals surface area contributed by atoms with E-state index in [9.17, 15) is 0 Å². The first kappa shape index (κ1) is 12.3.